The van der Waals surface area contributed by atoms with E-state index in [4.69, 9.17) is 4.74 Å². The molecule has 0 aliphatic rings. The summed E-state index contributed by atoms with van der Waals surface area (Å²) in [4.78, 5) is 10.4. The first-order valence-corrected chi connectivity index (χ1v) is 6.04. The summed E-state index contributed by atoms with van der Waals surface area (Å²) in [6.07, 6.45) is 0. The van der Waals surface area contributed by atoms with Crippen LogP contribution in [0.4, 0.5) is 11.4 Å². The third-order valence-corrected chi connectivity index (χ3v) is 2.34. The number of ether oxygens (including phenoxy) is 1. The molecule has 0 atom stereocenters. The maximum absolute atomic E-state index is 10.8. The summed E-state index contributed by atoms with van der Waals surface area (Å²) in [5.74, 6) is 0.302. The smallest absolute Gasteiger partial charge is 0.311 e. The van der Waals surface area contributed by atoms with Crippen LogP contribution in [0.25, 0.3) is 0 Å². The molecule has 0 aliphatic heterocycles. The van der Waals surface area contributed by atoms with Gasteiger partial charge in [-0.3, -0.25) is 10.1 Å². The van der Waals surface area contributed by atoms with Crippen LogP contribution in [-0.2, 0) is 0 Å². The minimum atomic E-state index is -0.437. The van der Waals surface area contributed by atoms with Gasteiger partial charge in [0.15, 0.2) is 5.75 Å². The van der Waals surface area contributed by atoms with Crippen LogP contribution in [-0.4, -0.2) is 31.2 Å². The molecule has 1 rings (SSSR count). The summed E-state index contributed by atoms with van der Waals surface area (Å²) in [5.41, 5.74) is 0.816. The number of likely N-dealkylation sites (N-methyl/N-ethyl adjacent to an activating group) is 1. The van der Waals surface area contributed by atoms with Crippen molar-refractivity contribution in [3.05, 3.63) is 28.3 Å². The standard InChI is InChI=1S/C12H19N3O3/c1-3-13-7-8-14-10-5-6-11(15(16)17)12(9-10)18-4-2/h5-6,9,13-14H,3-4,7-8H2,1-2H3. The van der Waals surface area contributed by atoms with Crippen molar-refractivity contribution in [3.8, 4) is 5.75 Å². The molecular weight excluding hydrogens is 234 g/mol. The van der Waals surface area contributed by atoms with Crippen molar-refractivity contribution in [1.29, 1.82) is 0 Å². The molecule has 0 aliphatic carbocycles. The Labute approximate surface area is 106 Å². The van der Waals surface area contributed by atoms with Gasteiger partial charge < -0.3 is 15.4 Å². The minimum absolute atomic E-state index is 0.00548. The van der Waals surface area contributed by atoms with E-state index in [1.54, 1.807) is 19.1 Å². The highest BCUT2D eigenvalue weighted by Gasteiger charge is 2.14. The summed E-state index contributed by atoms with van der Waals surface area (Å²) >= 11 is 0. The average molecular weight is 253 g/mol. The Morgan fingerprint density at radius 2 is 2.11 bits per heavy atom. The monoisotopic (exact) mass is 253 g/mol. The third-order valence-electron chi connectivity index (χ3n) is 2.34. The van der Waals surface area contributed by atoms with Crippen molar-refractivity contribution in [2.75, 3.05) is 31.6 Å². The normalized spacial score (nSPS) is 10.1. The second-order valence-corrected chi connectivity index (χ2v) is 3.65. The molecule has 0 saturated heterocycles. The highest BCUT2D eigenvalue weighted by molar-refractivity contribution is 5.58. The first-order valence-electron chi connectivity index (χ1n) is 6.04. The van der Waals surface area contributed by atoms with Crippen LogP contribution in [0.15, 0.2) is 18.2 Å². The summed E-state index contributed by atoms with van der Waals surface area (Å²) in [7, 11) is 0. The van der Waals surface area contributed by atoms with Gasteiger partial charge in [-0.15, -0.1) is 0 Å². The number of nitrogens with one attached hydrogen (secondary N) is 2. The fraction of sp³-hybridized carbons (Fsp3) is 0.500. The highest BCUT2D eigenvalue weighted by Crippen LogP contribution is 2.29. The van der Waals surface area contributed by atoms with Gasteiger partial charge in [0.2, 0.25) is 0 Å². The summed E-state index contributed by atoms with van der Waals surface area (Å²) in [6.45, 7) is 6.77. The van der Waals surface area contributed by atoms with Crippen LogP contribution in [0.2, 0.25) is 0 Å². The number of nitro benzene ring substituents is 1. The number of benzene rings is 1. The van der Waals surface area contributed by atoms with E-state index >= 15 is 0 Å². The highest BCUT2D eigenvalue weighted by atomic mass is 16.6. The molecule has 6 heteroatoms. The quantitative estimate of drug-likeness (QED) is 0.421. The lowest BCUT2D eigenvalue weighted by molar-refractivity contribution is -0.385. The van der Waals surface area contributed by atoms with E-state index in [0.717, 1.165) is 25.3 Å². The topological polar surface area (TPSA) is 76.4 Å². The lowest BCUT2D eigenvalue weighted by atomic mass is 10.2. The average Bonchev–Trinajstić information content (AvgIpc) is 2.35. The zero-order chi connectivity index (χ0) is 13.4. The Hall–Kier alpha value is -1.82. The lowest BCUT2D eigenvalue weighted by Crippen LogP contribution is -2.21. The van der Waals surface area contributed by atoms with E-state index in [-0.39, 0.29) is 5.69 Å². The third kappa shape index (κ3) is 4.21. The van der Waals surface area contributed by atoms with Crippen molar-refractivity contribution in [2.24, 2.45) is 0 Å². The molecular formula is C12H19N3O3. The van der Waals surface area contributed by atoms with Crippen molar-refractivity contribution >= 4 is 11.4 Å². The van der Waals surface area contributed by atoms with E-state index in [2.05, 4.69) is 10.6 Å². The fourth-order valence-corrected chi connectivity index (χ4v) is 1.52. The van der Waals surface area contributed by atoms with Gasteiger partial charge in [-0.05, 0) is 19.5 Å². The van der Waals surface area contributed by atoms with Gasteiger partial charge in [-0.25, -0.2) is 0 Å². The summed E-state index contributed by atoms with van der Waals surface area (Å²) < 4.78 is 5.27. The largest absolute Gasteiger partial charge is 0.487 e. The lowest BCUT2D eigenvalue weighted by Gasteiger charge is -2.09. The van der Waals surface area contributed by atoms with Gasteiger partial charge in [-0.1, -0.05) is 6.92 Å². The second kappa shape index (κ2) is 7.50. The molecule has 1 aromatic carbocycles. The van der Waals surface area contributed by atoms with Gasteiger partial charge in [0.25, 0.3) is 0 Å². The van der Waals surface area contributed by atoms with Gasteiger partial charge in [-0.2, -0.15) is 0 Å². The van der Waals surface area contributed by atoms with E-state index in [1.807, 2.05) is 6.92 Å². The summed E-state index contributed by atoms with van der Waals surface area (Å²) in [5, 5.41) is 17.2. The van der Waals surface area contributed by atoms with Crippen LogP contribution in [0.3, 0.4) is 0 Å². The maximum atomic E-state index is 10.8. The Kier molecular flexibility index (Phi) is 5.93. The van der Waals surface area contributed by atoms with E-state index < -0.39 is 4.92 Å². The van der Waals surface area contributed by atoms with E-state index in [9.17, 15) is 10.1 Å². The molecule has 2 N–H and O–H groups in total. The van der Waals surface area contributed by atoms with Crippen molar-refractivity contribution in [2.45, 2.75) is 13.8 Å². The second-order valence-electron chi connectivity index (χ2n) is 3.65. The molecule has 100 valence electrons. The molecule has 1 aromatic rings. The molecule has 6 nitrogen and oxygen atoms in total. The zero-order valence-electron chi connectivity index (χ0n) is 10.7. The minimum Gasteiger partial charge on any atom is -0.487 e. The van der Waals surface area contributed by atoms with Crippen LogP contribution >= 0.6 is 0 Å². The predicted octanol–water partition coefficient (Wildman–Crippen LogP) is 2.01. The Morgan fingerprint density at radius 1 is 1.33 bits per heavy atom. The van der Waals surface area contributed by atoms with Crippen LogP contribution in [0.1, 0.15) is 13.8 Å². The van der Waals surface area contributed by atoms with Gasteiger partial charge >= 0.3 is 5.69 Å². The fourth-order valence-electron chi connectivity index (χ4n) is 1.52. The van der Waals surface area contributed by atoms with Gasteiger partial charge in [0, 0.05) is 30.9 Å². The summed E-state index contributed by atoms with van der Waals surface area (Å²) in [6, 6.07) is 4.81. The van der Waals surface area contributed by atoms with Crippen molar-refractivity contribution in [1.82, 2.24) is 5.32 Å². The number of anilines is 1. The number of nitrogens with zero attached hydrogens (tertiary/aromatic N) is 1. The van der Waals surface area contributed by atoms with Crippen molar-refractivity contribution in [3.63, 3.8) is 0 Å². The molecule has 0 heterocycles. The van der Waals surface area contributed by atoms with E-state index in [0.29, 0.717) is 12.4 Å². The number of hydrogen-bond donors (Lipinski definition) is 2. The molecule has 0 radical (unpaired) electrons. The van der Waals surface area contributed by atoms with Crippen LogP contribution < -0.4 is 15.4 Å². The Morgan fingerprint density at radius 3 is 2.72 bits per heavy atom. The Bertz CT molecular complexity index is 396. The van der Waals surface area contributed by atoms with Gasteiger partial charge in [0.1, 0.15) is 0 Å². The van der Waals surface area contributed by atoms with E-state index in [1.165, 1.54) is 6.07 Å². The molecule has 0 unspecified atom stereocenters. The molecule has 0 bridgehead atoms. The first kappa shape index (κ1) is 14.2. The SMILES string of the molecule is CCNCCNc1ccc([N+](=O)[O-])c(OCC)c1. The Balaban J connectivity index is 2.70. The molecule has 0 fully saturated rings. The number of rotatable bonds is 8. The number of nitro groups is 1. The zero-order valence-corrected chi connectivity index (χ0v) is 10.7. The predicted molar refractivity (Wildman–Crippen MR) is 71.3 cm³/mol. The molecule has 0 aromatic heterocycles. The number of hydrogen-bond acceptors (Lipinski definition) is 5. The molecule has 0 amide bonds. The van der Waals surface area contributed by atoms with Gasteiger partial charge in [0.05, 0.1) is 11.5 Å². The first-order chi connectivity index (χ1) is 8.69. The van der Waals surface area contributed by atoms with Crippen LogP contribution in [0.5, 0.6) is 5.75 Å². The molecule has 0 spiro atoms. The van der Waals surface area contributed by atoms with Crippen molar-refractivity contribution < 1.29 is 9.66 Å². The van der Waals surface area contributed by atoms with Crippen LogP contribution in [0, 0.1) is 10.1 Å². The maximum Gasteiger partial charge on any atom is 0.311 e. The molecule has 18 heavy (non-hydrogen) atoms. The molecule has 0 saturated carbocycles.